The number of hydrogen-bond acceptors (Lipinski definition) is 3. The molecule has 0 N–H and O–H groups in total. The third-order valence-corrected chi connectivity index (χ3v) is 4.34. The molecule has 0 aliphatic carbocycles. The Kier molecular flexibility index (Phi) is 3.44. The van der Waals surface area contributed by atoms with Crippen molar-refractivity contribution in [2.75, 3.05) is 0 Å². The number of benzene rings is 1. The standard InChI is InChI=1S/C15H10BrNOS/c16-10-5-6-11(17-8-10)7-14(18)13-9-19-15-4-2-1-3-12(13)15/h1-6,8-9H,7H2. The second-order valence-electron chi connectivity index (χ2n) is 4.21. The number of carbonyl (C=O) groups excluding carboxylic acids is 1. The van der Waals surface area contributed by atoms with Gasteiger partial charge >= 0.3 is 0 Å². The minimum atomic E-state index is 0.118. The van der Waals surface area contributed by atoms with Gasteiger partial charge in [0.2, 0.25) is 0 Å². The number of fused-ring (bicyclic) bond motifs is 1. The second kappa shape index (κ2) is 5.23. The Bertz CT molecular complexity index is 733. The molecule has 3 rings (SSSR count). The summed E-state index contributed by atoms with van der Waals surface area (Å²) in [6.07, 6.45) is 2.06. The zero-order valence-electron chi connectivity index (χ0n) is 9.97. The molecule has 3 aromatic rings. The first-order valence-corrected chi connectivity index (χ1v) is 7.51. The van der Waals surface area contributed by atoms with Gasteiger partial charge in [0.05, 0.1) is 6.42 Å². The number of carbonyl (C=O) groups is 1. The summed E-state index contributed by atoms with van der Waals surface area (Å²) in [7, 11) is 0. The first-order valence-electron chi connectivity index (χ1n) is 5.84. The van der Waals surface area contributed by atoms with E-state index in [-0.39, 0.29) is 5.78 Å². The largest absolute Gasteiger partial charge is 0.294 e. The molecular weight excluding hydrogens is 322 g/mol. The van der Waals surface area contributed by atoms with Crippen LogP contribution in [-0.2, 0) is 6.42 Å². The molecule has 0 amide bonds. The van der Waals surface area contributed by atoms with E-state index in [1.165, 1.54) is 0 Å². The summed E-state index contributed by atoms with van der Waals surface area (Å²) in [4.78, 5) is 16.6. The van der Waals surface area contributed by atoms with Gasteiger partial charge in [0.1, 0.15) is 0 Å². The smallest absolute Gasteiger partial charge is 0.170 e. The maximum atomic E-state index is 12.3. The number of thiophene rings is 1. The average molecular weight is 332 g/mol. The number of nitrogens with zero attached hydrogens (tertiary/aromatic N) is 1. The van der Waals surface area contributed by atoms with Crippen molar-refractivity contribution < 1.29 is 4.79 Å². The van der Waals surface area contributed by atoms with E-state index in [1.807, 2.05) is 41.8 Å². The number of aromatic nitrogens is 1. The molecule has 2 nitrogen and oxygen atoms in total. The highest BCUT2D eigenvalue weighted by Crippen LogP contribution is 2.26. The van der Waals surface area contributed by atoms with Crippen LogP contribution in [0.5, 0.6) is 0 Å². The highest BCUT2D eigenvalue weighted by atomic mass is 79.9. The topological polar surface area (TPSA) is 30.0 Å². The Balaban J connectivity index is 1.90. The second-order valence-corrected chi connectivity index (χ2v) is 6.04. The van der Waals surface area contributed by atoms with Crippen LogP contribution in [0.1, 0.15) is 16.1 Å². The SMILES string of the molecule is O=C(Cc1ccc(Br)cn1)c1csc2ccccc12. The van der Waals surface area contributed by atoms with Crippen LogP contribution in [0.15, 0.2) is 52.4 Å². The van der Waals surface area contributed by atoms with Crippen molar-refractivity contribution in [2.45, 2.75) is 6.42 Å². The predicted molar refractivity (Wildman–Crippen MR) is 81.8 cm³/mol. The summed E-state index contributed by atoms with van der Waals surface area (Å²) in [5.41, 5.74) is 1.59. The van der Waals surface area contributed by atoms with E-state index in [4.69, 9.17) is 0 Å². The molecule has 0 spiro atoms. The maximum absolute atomic E-state index is 12.3. The fourth-order valence-electron chi connectivity index (χ4n) is 1.96. The van der Waals surface area contributed by atoms with Crippen LogP contribution in [0.4, 0.5) is 0 Å². The van der Waals surface area contributed by atoms with Crippen LogP contribution < -0.4 is 0 Å². The number of rotatable bonds is 3. The number of ketones is 1. The van der Waals surface area contributed by atoms with Crippen molar-refractivity contribution in [2.24, 2.45) is 0 Å². The van der Waals surface area contributed by atoms with Crippen LogP contribution in [0.3, 0.4) is 0 Å². The number of Topliss-reactive ketones (excluding diaryl/α,β-unsaturated/α-hetero) is 1. The summed E-state index contributed by atoms with van der Waals surface area (Å²) in [6.45, 7) is 0. The van der Waals surface area contributed by atoms with Gasteiger partial charge in [-0.25, -0.2) is 0 Å². The van der Waals surface area contributed by atoms with E-state index in [0.717, 1.165) is 25.8 Å². The lowest BCUT2D eigenvalue weighted by Crippen LogP contribution is -2.04. The van der Waals surface area contributed by atoms with Crippen LogP contribution in [0.25, 0.3) is 10.1 Å². The number of hydrogen-bond donors (Lipinski definition) is 0. The molecule has 0 fully saturated rings. The molecule has 2 heterocycles. The quantitative estimate of drug-likeness (QED) is 0.662. The summed E-state index contributed by atoms with van der Waals surface area (Å²) in [5, 5.41) is 2.97. The third-order valence-electron chi connectivity index (χ3n) is 2.91. The molecule has 0 unspecified atom stereocenters. The van der Waals surface area contributed by atoms with Crippen molar-refractivity contribution in [3.8, 4) is 0 Å². The molecule has 19 heavy (non-hydrogen) atoms. The highest BCUT2D eigenvalue weighted by molar-refractivity contribution is 9.10. The van der Waals surface area contributed by atoms with E-state index in [9.17, 15) is 4.79 Å². The molecule has 0 atom stereocenters. The first-order chi connectivity index (χ1) is 9.24. The molecular formula is C15H10BrNOS. The summed E-state index contributed by atoms with van der Waals surface area (Å²) < 4.78 is 2.07. The van der Waals surface area contributed by atoms with Gasteiger partial charge in [-0.1, -0.05) is 18.2 Å². The molecule has 94 valence electrons. The van der Waals surface area contributed by atoms with Crippen molar-refractivity contribution in [1.82, 2.24) is 4.98 Å². The molecule has 0 aliphatic heterocycles. The van der Waals surface area contributed by atoms with E-state index >= 15 is 0 Å². The molecule has 0 radical (unpaired) electrons. The van der Waals surface area contributed by atoms with Crippen LogP contribution >= 0.6 is 27.3 Å². The third kappa shape index (κ3) is 2.60. The van der Waals surface area contributed by atoms with Crippen molar-refractivity contribution in [3.05, 3.63) is 63.7 Å². The Morgan fingerprint density at radius 1 is 1.21 bits per heavy atom. The fourth-order valence-corrected chi connectivity index (χ4v) is 3.16. The average Bonchev–Trinajstić information content (AvgIpc) is 2.85. The molecule has 2 aromatic heterocycles. The molecule has 0 aliphatic rings. The molecule has 0 saturated carbocycles. The van der Waals surface area contributed by atoms with Gasteiger partial charge in [-0.3, -0.25) is 9.78 Å². The number of pyridine rings is 1. The monoisotopic (exact) mass is 331 g/mol. The van der Waals surface area contributed by atoms with Crippen LogP contribution in [0, 0.1) is 0 Å². The van der Waals surface area contributed by atoms with Crippen molar-refractivity contribution in [1.29, 1.82) is 0 Å². The highest BCUT2D eigenvalue weighted by Gasteiger charge is 2.13. The Morgan fingerprint density at radius 2 is 2.05 bits per heavy atom. The number of halogens is 1. The van der Waals surface area contributed by atoms with Gasteiger partial charge in [0, 0.05) is 37.4 Å². The zero-order chi connectivity index (χ0) is 13.2. The van der Waals surface area contributed by atoms with Gasteiger partial charge in [0.15, 0.2) is 5.78 Å². The maximum Gasteiger partial charge on any atom is 0.170 e. The summed E-state index contributed by atoms with van der Waals surface area (Å²) in [6, 6.07) is 11.8. The van der Waals surface area contributed by atoms with Crippen LogP contribution in [0.2, 0.25) is 0 Å². The normalized spacial score (nSPS) is 10.8. The van der Waals surface area contributed by atoms with E-state index in [0.29, 0.717) is 6.42 Å². The molecule has 4 heteroatoms. The Labute approximate surface area is 123 Å². The van der Waals surface area contributed by atoms with Gasteiger partial charge in [-0.15, -0.1) is 11.3 Å². The fraction of sp³-hybridized carbons (Fsp3) is 0.0667. The van der Waals surface area contributed by atoms with Gasteiger partial charge in [-0.05, 0) is 34.1 Å². The molecule has 0 bridgehead atoms. The van der Waals surface area contributed by atoms with Gasteiger partial charge in [-0.2, -0.15) is 0 Å². The van der Waals surface area contributed by atoms with Crippen LogP contribution in [-0.4, -0.2) is 10.8 Å². The summed E-state index contributed by atoms with van der Waals surface area (Å²) >= 11 is 4.94. The van der Waals surface area contributed by atoms with E-state index < -0.39 is 0 Å². The van der Waals surface area contributed by atoms with Gasteiger partial charge in [0.25, 0.3) is 0 Å². The Hall–Kier alpha value is -1.52. The zero-order valence-corrected chi connectivity index (χ0v) is 12.4. The predicted octanol–water partition coefficient (Wildman–Crippen LogP) is 4.48. The Morgan fingerprint density at radius 3 is 2.84 bits per heavy atom. The first kappa shape index (κ1) is 12.5. The summed E-state index contributed by atoms with van der Waals surface area (Å²) in [5.74, 6) is 0.118. The minimum Gasteiger partial charge on any atom is -0.294 e. The van der Waals surface area contributed by atoms with Gasteiger partial charge < -0.3 is 0 Å². The molecule has 0 saturated heterocycles. The minimum absolute atomic E-state index is 0.118. The lowest BCUT2D eigenvalue weighted by Gasteiger charge is -2.00. The van der Waals surface area contributed by atoms with E-state index in [1.54, 1.807) is 17.5 Å². The lowest BCUT2D eigenvalue weighted by molar-refractivity contribution is 0.0994. The van der Waals surface area contributed by atoms with Crippen molar-refractivity contribution >= 4 is 43.1 Å². The lowest BCUT2D eigenvalue weighted by atomic mass is 10.1. The van der Waals surface area contributed by atoms with Crippen molar-refractivity contribution in [3.63, 3.8) is 0 Å². The van der Waals surface area contributed by atoms with E-state index in [2.05, 4.69) is 20.9 Å². The molecule has 1 aromatic carbocycles.